The van der Waals surface area contributed by atoms with Crippen molar-refractivity contribution in [1.29, 1.82) is 0 Å². The maximum Gasteiger partial charge on any atom is 0.329 e. The molecule has 176 valence electrons. The molecule has 9 nitrogen and oxygen atoms in total. The van der Waals surface area contributed by atoms with Gasteiger partial charge in [-0.05, 0) is 25.0 Å². The lowest BCUT2D eigenvalue weighted by molar-refractivity contribution is -0.160. The van der Waals surface area contributed by atoms with Crippen molar-refractivity contribution < 1.29 is 24.0 Å². The Bertz CT molecular complexity index is 767. The molecule has 2 N–H and O–H groups in total. The van der Waals surface area contributed by atoms with Gasteiger partial charge in [-0.1, -0.05) is 31.5 Å². The smallest absolute Gasteiger partial charge is 0.329 e. The lowest BCUT2D eigenvalue weighted by atomic mass is 9.87. The fraction of sp³-hybridized carbons (Fsp3) is 0.609. The van der Waals surface area contributed by atoms with Gasteiger partial charge in [-0.25, -0.2) is 0 Å². The number of nitrogens with one attached hydrogen (secondary N) is 2. The van der Waals surface area contributed by atoms with E-state index in [4.69, 9.17) is 4.74 Å². The highest BCUT2D eigenvalue weighted by Gasteiger charge is 2.42. The Morgan fingerprint density at radius 1 is 1.12 bits per heavy atom. The van der Waals surface area contributed by atoms with E-state index in [-0.39, 0.29) is 12.0 Å². The summed E-state index contributed by atoms with van der Waals surface area (Å²) in [5, 5.41) is 3.22. The van der Waals surface area contributed by atoms with Crippen LogP contribution in [0.2, 0.25) is 0 Å². The molecule has 32 heavy (non-hydrogen) atoms. The predicted octanol–water partition coefficient (Wildman–Crippen LogP) is 1.09. The lowest BCUT2D eigenvalue weighted by Gasteiger charge is -2.41. The molecule has 0 radical (unpaired) electrons. The number of anilines is 1. The van der Waals surface area contributed by atoms with E-state index in [1.807, 2.05) is 23.1 Å². The molecule has 1 aromatic carbocycles. The minimum absolute atomic E-state index is 0.104. The summed E-state index contributed by atoms with van der Waals surface area (Å²) >= 11 is 0. The van der Waals surface area contributed by atoms with Gasteiger partial charge in [0.15, 0.2) is 0 Å². The van der Waals surface area contributed by atoms with Crippen LogP contribution in [-0.2, 0) is 24.0 Å². The summed E-state index contributed by atoms with van der Waals surface area (Å²) in [7, 11) is 0. The Hall–Kier alpha value is -2.65. The van der Waals surface area contributed by atoms with Crippen LogP contribution in [0.3, 0.4) is 0 Å². The molecular formula is C23H34N4O5. The zero-order valence-corrected chi connectivity index (χ0v) is 18.9. The molecule has 3 atom stereocenters. The number of unbranched alkanes of at least 4 members (excludes halogenated alkanes) is 1. The molecule has 2 aliphatic rings. The van der Waals surface area contributed by atoms with Crippen molar-refractivity contribution in [3.05, 3.63) is 30.3 Å². The number of benzene rings is 1. The summed E-state index contributed by atoms with van der Waals surface area (Å²) in [6, 6.07) is 9.44. The predicted molar refractivity (Wildman–Crippen MR) is 120 cm³/mol. The van der Waals surface area contributed by atoms with Gasteiger partial charge < -0.3 is 24.7 Å². The van der Waals surface area contributed by atoms with Crippen molar-refractivity contribution in [3.63, 3.8) is 0 Å². The molecule has 2 fully saturated rings. The number of nitrogens with zero attached hydrogens (tertiary/aromatic N) is 2. The number of carbonyl (C=O) groups is 3. The largest absolute Gasteiger partial charge is 0.377 e. The monoisotopic (exact) mass is 446 g/mol. The van der Waals surface area contributed by atoms with Crippen molar-refractivity contribution in [1.82, 2.24) is 15.7 Å². The Labute approximate surface area is 189 Å². The molecule has 2 aliphatic heterocycles. The molecule has 3 unspecified atom stereocenters. The Kier molecular flexibility index (Phi) is 8.87. The molecule has 2 saturated heterocycles. The third-order valence-electron chi connectivity index (χ3n) is 5.95. The van der Waals surface area contributed by atoms with Crippen LogP contribution in [0.5, 0.6) is 0 Å². The van der Waals surface area contributed by atoms with Gasteiger partial charge in [-0.3, -0.25) is 14.4 Å². The number of hydroxylamine groups is 1. The van der Waals surface area contributed by atoms with Gasteiger partial charge in [0.25, 0.3) is 5.91 Å². The van der Waals surface area contributed by atoms with E-state index in [1.54, 1.807) is 0 Å². The van der Waals surface area contributed by atoms with Crippen LogP contribution in [0.4, 0.5) is 5.69 Å². The second kappa shape index (κ2) is 11.8. The molecular weight excluding hydrogens is 412 g/mol. The summed E-state index contributed by atoms with van der Waals surface area (Å²) in [5.41, 5.74) is 3.33. The quantitative estimate of drug-likeness (QED) is 0.478. The topological polar surface area (TPSA) is 100 Å². The first-order valence-electron chi connectivity index (χ1n) is 11.4. The fourth-order valence-electron chi connectivity index (χ4n) is 4.16. The van der Waals surface area contributed by atoms with Gasteiger partial charge in [-0.15, -0.1) is 0 Å². The second-order valence-electron chi connectivity index (χ2n) is 8.28. The second-order valence-corrected chi connectivity index (χ2v) is 8.28. The maximum absolute atomic E-state index is 13.3. The van der Waals surface area contributed by atoms with Crippen molar-refractivity contribution in [2.75, 3.05) is 44.2 Å². The SMILES string of the molecule is CCCCOC1CNC(C(=O)N2CCN(c3ccccc3)CC2)C(C(=O)NOC(C)=O)C1. The zero-order valence-electron chi connectivity index (χ0n) is 18.9. The summed E-state index contributed by atoms with van der Waals surface area (Å²) < 4.78 is 5.88. The highest BCUT2D eigenvalue weighted by molar-refractivity contribution is 5.90. The van der Waals surface area contributed by atoms with E-state index in [0.29, 0.717) is 32.7 Å². The summed E-state index contributed by atoms with van der Waals surface area (Å²) in [6.07, 6.45) is 2.18. The molecule has 0 saturated carbocycles. The maximum atomic E-state index is 13.3. The number of piperidine rings is 1. The van der Waals surface area contributed by atoms with Crippen LogP contribution in [0.25, 0.3) is 0 Å². The first-order chi connectivity index (χ1) is 15.5. The summed E-state index contributed by atoms with van der Waals surface area (Å²) in [6.45, 7) is 7.05. The average Bonchev–Trinajstić information content (AvgIpc) is 2.83. The first-order valence-corrected chi connectivity index (χ1v) is 11.4. The average molecular weight is 447 g/mol. The third-order valence-corrected chi connectivity index (χ3v) is 5.95. The molecule has 2 amide bonds. The van der Waals surface area contributed by atoms with E-state index < -0.39 is 23.8 Å². The Morgan fingerprint density at radius 2 is 1.84 bits per heavy atom. The molecule has 0 aliphatic carbocycles. The molecule has 0 bridgehead atoms. The number of hydrogen-bond donors (Lipinski definition) is 2. The zero-order chi connectivity index (χ0) is 22.9. The van der Waals surface area contributed by atoms with E-state index in [1.165, 1.54) is 6.92 Å². The highest BCUT2D eigenvalue weighted by Crippen LogP contribution is 2.23. The number of ether oxygens (including phenoxy) is 1. The van der Waals surface area contributed by atoms with Gasteiger partial charge in [0.05, 0.1) is 18.1 Å². The number of carbonyl (C=O) groups excluding carboxylic acids is 3. The first kappa shape index (κ1) is 24.0. The Balaban J connectivity index is 1.61. The van der Waals surface area contributed by atoms with E-state index in [9.17, 15) is 14.4 Å². The number of hydrogen-bond acceptors (Lipinski definition) is 7. The van der Waals surface area contributed by atoms with Crippen LogP contribution >= 0.6 is 0 Å². The van der Waals surface area contributed by atoms with Crippen LogP contribution in [0.15, 0.2) is 30.3 Å². The number of para-hydroxylation sites is 1. The summed E-state index contributed by atoms with van der Waals surface area (Å²) in [5.74, 6) is -1.89. The van der Waals surface area contributed by atoms with Crippen molar-refractivity contribution in [2.24, 2.45) is 5.92 Å². The number of piperazine rings is 1. The molecule has 3 rings (SSSR count). The van der Waals surface area contributed by atoms with Gasteiger partial charge >= 0.3 is 5.97 Å². The third kappa shape index (κ3) is 6.43. The van der Waals surface area contributed by atoms with Crippen molar-refractivity contribution in [3.8, 4) is 0 Å². The van der Waals surface area contributed by atoms with Gasteiger partial charge in [0, 0.05) is 51.9 Å². The fourth-order valence-corrected chi connectivity index (χ4v) is 4.16. The standard InChI is InChI=1S/C23H34N4O5/c1-3-4-14-31-19-15-20(22(29)25-32-17(2)28)21(24-16-19)23(30)27-12-10-26(11-13-27)18-8-6-5-7-9-18/h5-9,19-21,24H,3-4,10-16H2,1-2H3,(H,25,29). The van der Waals surface area contributed by atoms with Crippen molar-refractivity contribution >= 4 is 23.5 Å². The van der Waals surface area contributed by atoms with E-state index >= 15 is 0 Å². The van der Waals surface area contributed by atoms with Crippen LogP contribution in [0.1, 0.15) is 33.1 Å². The minimum Gasteiger partial charge on any atom is -0.377 e. The molecule has 9 heteroatoms. The summed E-state index contributed by atoms with van der Waals surface area (Å²) in [4.78, 5) is 46.0. The van der Waals surface area contributed by atoms with E-state index in [0.717, 1.165) is 31.6 Å². The molecule has 0 aromatic heterocycles. The molecule has 0 spiro atoms. The molecule has 1 aromatic rings. The van der Waals surface area contributed by atoms with Crippen LogP contribution in [0, 0.1) is 5.92 Å². The van der Waals surface area contributed by atoms with Crippen LogP contribution < -0.4 is 15.7 Å². The van der Waals surface area contributed by atoms with Crippen LogP contribution in [-0.4, -0.2) is 74.2 Å². The van der Waals surface area contributed by atoms with Crippen molar-refractivity contribution in [2.45, 2.75) is 45.3 Å². The molecule has 2 heterocycles. The van der Waals surface area contributed by atoms with E-state index in [2.05, 4.69) is 39.6 Å². The van der Waals surface area contributed by atoms with Gasteiger partial charge in [-0.2, -0.15) is 5.48 Å². The minimum atomic E-state index is -0.686. The van der Waals surface area contributed by atoms with Gasteiger partial charge in [0.2, 0.25) is 5.91 Å². The number of rotatable bonds is 7. The normalized spacial score (nSPS) is 23.5. The highest BCUT2D eigenvalue weighted by atomic mass is 16.7. The van der Waals surface area contributed by atoms with Gasteiger partial charge in [0.1, 0.15) is 0 Å². The Morgan fingerprint density at radius 3 is 2.50 bits per heavy atom. The lowest BCUT2D eigenvalue weighted by Crippen LogP contribution is -2.62. The number of amides is 2.